The third kappa shape index (κ3) is 2.11. The molecule has 0 aliphatic carbocycles. The number of hydrogen-bond acceptors (Lipinski definition) is 3. The van der Waals surface area contributed by atoms with Gasteiger partial charge in [-0.3, -0.25) is 4.79 Å². The second-order valence-electron chi connectivity index (χ2n) is 4.28. The molecule has 4 nitrogen and oxygen atoms in total. The highest BCUT2D eigenvalue weighted by Crippen LogP contribution is 2.21. The molecule has 0 saturated heterocycles. The summed E-state index contributed by atoms with van der Waals surface area (Å²) in [4.78, 5) is 15.4. The SMILES string of the molecule is Cc1cc2nc(-c3cccc(Cl)c3)nn2cc1C=O. The normalized spacial score (nSPS) is 10.8. The molecule has 0 aliphatic heterocycles. The van der Waals surface area contributed by atoms with Crippen molar-refractivity contribution in [3.8, 4) is 11.4 Å². The minimum absolute atomic E-state index is 0.588. The van der Waals surface area contributed by atoms with E-state index in [-0.39, 0.29) is 0 Å². The third-order valence-corrected chi connectivity index (χ3v) is 3.16. The zero-order valence-corrected chi connectivity index (χ0v) is 10.9. The van der Waals surface area contributed by atoms with Crippen LogP contribution in [0.1, 0.15) is 15.9 Å². The third-order valence-electron chi connectivity index (χ3n) is 2.93. The number of carbonyl (C=O) groups excluding carboxylic acids is 1. The Morgan fingerprint density at radius 1 is 1.32 bits per heavy atom. The molecule has 1 aromatic carbocycles. The van der Waals surface area contributed by atoms with E-state index >= 15 is 0 Å². The monoisotopic (exact) mass is 271 g/mol. The van der Waals surface area contributed by atoms with Crippen molar-refractivity contribution < 1.29 is 4.79 Å². The number of aromatic nitrogens is 3. The topological polar surface area (TPSA) is 47.3 Å². The molecule has 0 unspecified atom stereocenters. The predicted octanol–water partition coefficient (Wildman–Crippen LogP) is 3.17. The lowest BCUT2D eigenvalue weighted by atomic mass is 10.2. The number of halogens is 1. The number of benzene rings is 1. The Morgan fingerprint density at radius 3 is 2.89 bits per heavy atom. The Bertz CT molecular complexity index is 779. The second kappa shape index (κ2) is 4.48. The molecular weight excluding hydrogens is 262 g/mol. The van der Waals surface area contributed by atoms with Gasteiger partial charge in [0.25, 0.3) is 0 Å². The number of pyridine rings is 1. The highest BCUT2D eigenvalue weighted by molar-refractivity contribution is 6.30. The molecular formula is C14H10ClN3O. The highest BCUT2D eigenvalue weighted by atomic mass is 35.5. The van der Waals surface area contributed by atoms with Gasteiger partial charge in [-0.25, -0.2) is 9.50 Å². The molecule has 2 aromatic heterocycles. The first kappa shape index (κ1) is 11.9. The quantitative estimate of drug-likeness (QED) is 0.673. The van der Waals surface area contributed by atoms with E-state index in [1.807, 2.05) is 31.2 Å². The van der Waals surface area contributed by atoms with Crippen molar-refractivity contribution in [2.24, 2.45) is 0 Å². The molecule has 0 radical (unpaired) electrons. The number of hydrogen-bond donors (Lipinski definition) is 0. The van der Waals surface area contributed by atoms with E-state index in [1.54, 1.807) is 16.8 Å². The van der Waals surface area contributed by atoms with E-state index in [0.717, 1.165) is 17.4 Å². The van der Waals surface area contributed by atoms with Gasteiger partial charge in [0.05, 0.1) is 0 Å². The molecule has 0 fully saturated rings. The van der Waals surface area contributed by atoms with Crippen LogP contribution >= 0.6 is 11.6 Å². The van der Waals surface area contributed by atoms with Gasteiger partial charge in [0.2, 0.25) is 0 Å². The number of nitrogens with zero attached hydrogens (tertiary/aromatic N) is 3. The standard InChI is InChI=1S/C14H10ClN3O/c1-9-5-13-16-14(10-3-2-4-12(15)6-10)17-18(13)7-11(9)8-19/h2-8H,1H3. The van der Waals surface area contributed by atoms with E-state index in [1.165, 1.54) is 0 Å². The van der Waals surface area contributed by atoms with Crippen LogP contribution in [-0.4, -0.2) is 20.9 Å². The fourth-order valence-corrected chi connectivity index (χ4v) is 2.10. The predicted molar refractivity (Wildman–Crippen MR) is 73.6 cm³/mol. The van der Waals surface area contributed by atoms with Crippen molar-refractivity contribution in [2.75, 3.05) is 0 Å². The minimum atomic E-state index is 0.588. The smallest absolute Gasteiger partial charge is 0.182 e. The molecule has 5 heteroatoms. The van der Waals surface area contributed by atoms with Crippen molar-refractivity contribution >= 4 is 23.5 Å². The van der Waals surface area contributed by atoms with Gasteiger partial charge in [-0.2, -0.15) is 0 Å². The van der Waals surface area contributed by atoms with Crippen molar-refractivity contribution in [3.63, 3.8) is 0 Å². The van der Waals surface area contributed by atoms with Crippen LogP contribution in [0.15, 0.2) is 36.5 Å². The van der Waals surface area contributed by atoms with Crippen LogP contribution in [0.3, 0.4) is 0 Å². The molecule has 0 saturated carbocycles. The molecule has 2 heterocycles. The van der Waals surface area contributed by atoms with Gasteiger partial charge in [0.1, 0.15) is 0 Å². The number of carbonyl (C=O) groups is 1. The van der Waals surface area contributed by atoms with Gasteiger partial charge < -0.3 is 0 Å². The first-order valence-corrected chi connectivity index (χ1v) is 6.13. The molecule has 3 aromatic rings. The second-order valence-corrected chi connectivity index (χ2v) is 4.71. The minimum Gasteiger partial charge on any atom is -0.298 e. The maximum absolute atomic E-state index is 10.9. The molecule has 0 aliphatic rings. The lowest BCUT2D eigenvalue weighted by Gasteiger charge is -1.97. The molecule has 0 atom stereocenters. The lowest BCUT2D eigenvalue weighted by molar-refractivity contribution is 0.112. The van der Waals surface area contributed by atoms with Crippen LogP contribution < -0.4 is 0 Å². The average Bonchev–Trinajstić information content (AvgIpc) is 2.80. The summed E-state index contributed by atoms with van der Waals surface area (Å²) in [6.07, 6.45) is 2.49. The molecule has 3 rings (SSSR count). The molecule has 0 spiro atoms. The Morgan fingerprint density at radius 2 is 2.16 bits per heavy atom. The number of rotatable bonds is 2. The Hall–Kier alpha value is -2.20. The largest absolute Gasteiger partial charge is 0.298 e. The van der Waals surface area contributed by atoms with E-state index in [0.29, 0.717) is 22.1 Å². The maximum Gasteiger partial charge on any atom is 0.182 e. The Labute approximate surface area is 114 Å². The Balaban J connectivity index is 2.19. The van der Waals surface area contributed by atoms with Gasteiger partial charge in [-0.05, 0) is 30.7 Å². The fourth-order valence-electron chi connectivity index (χ4n) is 1.91. The summed E-state index contributed by atoms with van der Waals surface area (Å²) in [5, 5.41) is 5.00. The number of aldehydes is 1. The van der Waals surface area contributed by atoms with Crippen LogP contribution in [0.5, 0.6) is 0 Å². The van der Waals surface area contributed by atoms with Crippen LogP contribution in [0.4, 0.5) is 0 Å². The van der Waals surface area contributed by atoms with Gasteiger partial charge in [0, 0.05) is 22.3 Å². The van der Waals surface area contributed by atoms with Gasteiger partial charge in [0.15, 0.2) is 17.8 Å². The zero-order chi connectivity index (χ0) is 13.4. The van der Waals surface area contributed by atoms with Crippen molar-refractivity contribution in [1.82, 2.24) is 14.6 Å². The summed E-state index contributed by atoms with van der Waals surface area (Å²) >= 11 is 5.96. The molecule has 19 heavy (non-hydrogen) atoms. The van der Waals surface area contributed by atoms with Gasteiger partial charge in [-0.15, -0.1) is 5.10 Å². The zero-order valence-electron chi connectivity index (χ0n) is 10.2. The molecule has 0 amide bonds. The first-order valence-electron chi connectivity index (χ1n) is 5.75. The number of aryl methyl sites for hydroxylation is 1. The van der Waals surface area contributed by atoms with E-state index in [4.69, 9.17) is 11.6 Å². The molecule has 94 valence electrons. The van der Waals surface area contributed by atoms with E-state index < -0.39 is 0 Å². The summed E-state index contributed by atoms with van der Waals surface area (Å²) in [7, 11) is 0. The molecule has 0 N–H and O–H groups in total. The summed E-state index contributed by atoms with van der Waals surface area (Å²) in [5.41, 5.74) is 3.04. The van der Waals surface area contributed by atoms with E-state index in [9.17, 15) is 4.79 Å². The van der Waals surface area contributed by atoms with Crippen molar-refractivity contribution in [2.45, 2.75) is 6.92 Å². The first-order chi connectivity index (χ1) is 9.17. The molecule has 0 bridgehead atoms. The van der Waals surface area contributed by atoms with Crippen LogP contribution in [0.25, 0.3) is 17.0 Å². The maximum atomic E-state index is 10.9. The Kier molecular flexibility index (Phi) is 2.80. The van der Waals surface area contributed by atoms with Crippen LogP contribution in [0.2, 0.25) is 5.02 Å². The summed E-state index contributed by atoms with van der Waals surface area (Å²) in [6.45, 7) is 1.87. The van der Waals surface area contributed by atoms with Crippen molar-refractivity contribution in [1.29, 1.82) is 0 Å². The van der Waals surface area contributed by atoms with Crippen LogP contribution in [0, 0.1) is 6.92 Å². The summed E-state index contributed by atoms with van der Waals surface area (Å²) in [5.74, 6) is 0.588. The van der Waals surface area contributed by atoms with Crippen LogP contribution in [-0.2, 0) is 0 Å². The van der Waals surface area contributed by atoms with Gasteiger partial charge in [-0.1, -0.05) is 23.7 Å². The van der Waals surface area contributed by atoms with E-state index in [2.05, 4.69) is 10.1 Å². The fraction of sp³-hybridized carbons (Fsp3) is 0.0714. The lowest BCUT2D eigenvalue weighted by Crippen LogP contribution is -1.94. The summed E-state index contributed by atoms with van der Waals surface area (Å²) < 4.78 is 1.60. The van der Waals surface area contributed by atoms with Crippen molar-refractivity contribution in [3.05, 3.63) is 52.7 Å². The van der Waals surface area contributed by atoms with Gasteiger partial charge >= 0.3 is 0 Å². The number of fused-ring (bicyclic) bond motifs is 1. The highest BCUT2D eigenvalue weighted by Gasteiger charge is 2.08. The summed E-state index contributed by atoms with van der Waals surface area (Å²) in [6, 6.07) is 9.20. The average molecular weight is 272 g/mol.